The Hall–Kier alpha value is -4.07. The minimum Gasteiger partial charge on any atom is -0.508 e. The van der Waals surface area contributed by atoms with E-state index in [-0.39, 0.29) is 11.7 Å². The van der Waals surface area contributed by atoms with E-state index in [1.54, 1.807) is 35.2 Å². The van der Waals surface area contributed by atoms with Gasteiger partial charge in [0.2, 0.25) is 0 Å². The van der Waals surface area contributed by atoms with Gasteiger partial charge in [-0.2, -0.15) is 13.2 Å². The third kappa shape index (κ3) is 4.64. The first-order valence-electron chi connectivity index (χ1n) is 11.2. The number of benzene rings is 3. The van der Waals surface area contributed by atoms with Crippen molar-refractivity contribution in [1.82, 2.24) is 9.88 Å². The molecule has 0 unspecified atom stereocenters. The Morgan fingerprint density at radius 3 is 2.17 bits per heavy atom. The molecule has 178 valence electrons. The number of halogens is 3. The van der Waals surface area contributed by atoms with Gasteiger partial charge >= 0.3 is 6.18 Å². The summed E-state index contributed by atoms with van der Waals surface area (Å²) in [7, 11) is 0. The number of amides is 1. The number of hydrogen-bond donors (Lipinski definition) is 1. The number of aromatic hydroxyl groups is 1. The monoisotopic (exact) mass is 477 g/mol. The van der Waals surface area contributed by atoms with Crippen LogP contribution in [0.5, 0.6) is 5.75 Å². The van der Waals surface area contributed by atoms with Crippen LogP contribution in [0.15, 0.2) is 78.9 Å². The normalized spacial score (nSPS) is 14.4. The zero-order chi connectivity index (χ0) is 24.6. The lowest BCUT2D eigenvalue weighted by molar-refractivity contribution is -0.137. The lowest BCUT2D eigenvalue weighted by atomic mass is 10.0. The zero-order valence-corrected chi connectivity index (χ0v) is 18.7. The van der Waals surface area contributed by atoms with Crippen molar-refractivity contribution in [2.45, 2.75) is 6.18 Å². The standard InChI is InChI=1S/C27H22F3N3O2/c28-27(29,30)19-7-9-20(10-8-19)32-13-15-33(16-14-32)26(35)23-17-25(18-5-11-21(34)12-6-18)31-24-4-2-1-3-22(23)24/h1-12,17,34H,13-16H2. The molecule has 0 atom stereocenters. The molecule has 3 aromatic carbocycles. The smallest absolute Gasteiger partial charge is 0.416 e. The van der Waals surface area contributed by atoms with Gasteiger partial charge in [-0.25, -0.2) is 4.98 Å². The van der Waals surface area contributed by atoms with Crippen LogP contribution in [0.3, 0.4) is 0 Å². The Morgan fingerprint density at radius 1 is 0.857 bits per heavy atom. The molecule has 1 aliphatic rings. The second-order valence-corrected chi connectivity index (χ2v) is 8.44. The number of carbonyl (C=O) groups excluding carboxylic acids is 1. The molecular weight excluding hydrogens is 455 g/mol. The molecule has 4 aromatic rings. The zero-order valence-electron chi connectivity index (χ0n) is 18.7. The number of alkyl halides is 3. The molecule has 5 rings (SSSR count). The number of rotatable bonds is 3. The Morgan fingerprint density at radius 2 is 1.51 bits per heavy atom. The molecule has 1 amide bonds. The third-order valence-electron chi connectivity index (χ3n) is 6.24. The number of hydrogen-bond acceptors (Lipinski definition) is 4. The minimum absolute atomic E-state index is 0.115. The number of anilines is 1. The van der Waals surface area contributed by atoms with Gasteiger partial charge in [0.05, 0.1) is 22.3 Å². The number of phenols is 1. The molecule has 35 heavy (non-hydrogen) atoms. The number of para-hydroxylation sites is 1. The SMILES string of the molecule is O=C(c1cc(-c2ccc(O)cc2)nc2ccccc12)N1CCN(c2ccc(C(F)(F)F)cc2)CC1. The summed E-state index contributed by atoms with van der Waals surface area (Å²) in [5, 5.41) is 10.4. The van der Waals surface area contributed by atoms with E-state index in [2.05, 4.69) is 0 Å². The summed E-state index contributed by atoms with van der Waals surface area (Å²) in [5.41, 5.74) is 2.69. The van der Waals surface area contributed by atoms with E-state index >= 15 is 0 Å². The van der Waals surface area contributed by atoms with Crippen LogP contribution in [0.25, 0.3) is 22.2 Å². The van der Waals surface area contributed by atoms with Crippen LogP contribution in [-0.4, -0.2) is 47.1 Å². The highest BCUT2D eigenvalue weighted by atomic mass is 19.4. The quantitative estimate of drug-likeness (QED) is 0.418. The third-order valence-corrected chi connectivity index (χ3v) is 6.24. The van der Waals surface area contributed by atoms with Gasteiger partial charge in [0.15, 0.2) is 0 Å². The van der Waals surface area contributed by atoms with Crippen LogP contribution < -0.4 is 4.90 Å². The number of carbonyl (C=O) groups is 1. The molecule has 0 saturated carbocycles. The van der Waals surface area contributed by atoms with E-state index in [9.17, 15) is 23.1 Å². The summed E-state index contributed by atoms with van der Waals surface area (Å²) >= 11 is 0. The van der Waals surface area contributed by atoms with Crippen LogP contribution in [-0.2, 0) is 6.18 Å². The fraction of sp³-hybridized carbons (Fsp3) is 0.185. The molecule has 8 heteroatoms. The molecule has 1 aromatic heterocycles. The maximum atomic E-state index is 13.6. The second kappa shape index (κ2) is 8.94. The van der Waals surface area contributed by atoms with Gasteiger partial charge in [-0.1, -0.05) is 18.2 Å². The molecular formula is C27H22F3N3O2. The lowest BCUT2D eigenvalue weighted by Gasteiger charge is -2.36. The second-order valence-electron chi connectivity index (χ2n) is 8.44. The van der Waals surface area contributed by atoms with Crippen LogP contribution >= 0.6 is 0 Å². The van der Waals surface area contributed by atoms with Crippen molar-refractivity contribution in [2.24, 2.45) is 0 Å². The fourth-order valence-electron chi connectivity index (χ4n) is 4.33. The van der Waals surface area contributed by atoms with Crippen molar-refractivity contribution in [3.8, 4) is 17.0 Å². The summed E-state index contributed by atoms with van der Waals surface area (Å²) in [4.78, 5) is 22.0. The van der Waals surface area contributed by atoms with Crippen molar-refractivity contribution in [3.63, 3.8) is 0 Å². The van der Waals surface area contributed by atoms with Crippen molar-refractivity contribution in [2.75, 3.05) is 31.1 Å². The molecule has 0 bridgehead atoms. The van der Waals surface area contributed by atoms with E-state index in [0.717, 1.165) is 23.1 Å². The first kappa shape index (κ1) is 22.7. The summed E-state index contributed by atoms with van der Waals surface area (Å²) in [6.45, 7) is 1.94. The maximum Gasteiger partial charge on any atom is 0.416 e. The predicted molar refractivity (Wildman–Crippen MR) is 128 cm³/mol. The number of phenolic OH excluding ortho intramolecular Hbond substituents is 1. The minimum atomic E-state index is -4.37. The number of nitrogens with zero attached hydrogens (tertiary/aromatic N) is 3. The molecule has 1 fully saturated rings. The van der Waals surface area contributed by atoms with E-state index < -0.39 is 11.7 Å². The Labute approximate surface area is 200 Å². The average Bonchev–Trinajstić information content (AvgIpc) is 2.88. The maximum absolute atomic E-state index is 13.6. The Kier molecular flexibility index (Phi) is 5.80. The van der Waals surface area contributed by atoms with Crippen molar-refractivity contribution >= 4 is 22.5 Å². The van der Waals surface area contributed by atoms with Gasteiger partial charge in [0.25, 0.3) is 5.91 Å². The van der Waals surface area contributed by atoms with Gasteiger partial charge in [-0.15, -0.1) is 0 Å². The molecule has 1 saturated heterocycles. The van der Waals surface area contributed by atoms with E-state index in [4.69, 9.17) is 4.98 Å². The first-order chi connectivity index (χ1) is 16.8. The Bertz CT molecular complexity index is 1360. The summed E-state index contributed by atoms with van der Waals surface area (Å²) < 4.78 is 38.6. The van der Waals surface area contributed by atoms with Crippen molar-refractivity contribution < 1.29 is 23.1 Å². The number of aromatic nitrogens is 1. The highest BCUT2D eigenvalue weighted by molar-refractivity contribution is 6.07. The molecule has 0 radical (unpaired) electrons. The molecule has 2 heterocycles. The number of pyridine rings is 1. The summed E-state index contributed by atoms with van der Waals surface area (Å²) in [5.74, 6) is 0.0347. The van der Waals surface area contributed by atoms with Crippen LogP contribution in [0.4, 0.5) is 18.9 Å². The van der Waals surface area contributed by atoms with Crippen molar-refractivity contribution in [1.29, 1.82) is 0 Å². The van der Waals surface area contributed by atoms with Gasteiger partial charge in [-0.3, -0.25) is 4.79 Å². The average molecular weight is 477 g/mol. The van der Waals surface area contributed by atoms with Gasteiger partial charge < -0.3 is 14.9 Å². The number of piperazine rings is 1. The molecule has 5 nitrogen and oxygen atoms in total. The van der Waals surface area contributed by atoms with E-state index in [0.29, 0.717) is 48.6 Å². The van der Waals surface area contributed by atoms with Gasteiger partial charge in [-0.05, 0) is 60.7 Å². The van der Waals surface area contributed by atoms with E-state index in [1.807, 2.05) is 29.2 Å². The van der Waals surface area contributed by atoms with Gasteiger partial charge in [0.1, 0.15) is 5.75 Å². The van der Waals surface area contributed by atoms with Crippen molar-refractivity contribution in [3.05, 3.63) is 90.0 Å². The van der Waals surface area contributed by atoms with Gasteiger partial charge in [0, 0.05) is 42.8 Å². The van der Waals surface area contributed by atoms with Crippen LogP contribution in [0.1, 0.15) is 15.9 Å². The van der Waals surface area contributed by atoms with Crippen LogP contribution in [0.2, 0.25) is 0 Å². The molecule has 0 spiro atoms. The largest absolute Gasteiger partial charge is 0.508 e. The topological polar surface area (TPSA) is 56.7 Å². The molecule has 1 N–H and O–H groups in total. The summed E-state index contributed by atoms with van der Waals surface area (Å²) in [6, 6.07) is 21.0. The lowest BCUT2D eigenvalue weighted by Crippen LogP contribution is -2.48. The fourth-order valence-corrected chi connectivity index (χ4v) is 4.33. The summed E-state index contributed by atoms with van der Waals surface area (Å²) in [6.07, 6.45) is -4.37. The van der Waals surface area contributed by atoms with Crippen LogP contribution in [0, 0.1) is 0 Å². The highest BCUT2D eigenvalue weighted by Crippen LogP contribution is 2.31. The molecule has 1 aliphatic heterocycles. The van der Waals surface area contributed by atoms with E-state index in [1.165, 1.54) is 12.1 Å². The Balaban J connectivity index is 1.37. The molecule has 0 aliphatic carbocycles. The highest BCUT2D eigenvalue weighted by Gasteiger charge is 2.30. The first-order valence-corrected chi connectivity index (χ1v) is 11.2. The number of fused-ring (bicyclic) bond motifs is 1. The predicted octanol–water partition coefficient (Wildman–Crippen LogP) is 5.59.